The zero-order valence-corrected chi connectivity index (χ0v) is 13.0. The topological polar surface area (TPSA) is 51.5 Å². The fourth-order valence-corrected chi connectivity index (χ4v) is 3.83. The van der Waals surface area contributed by atoms with E-state index in [1.807, 2.05) is 16.5 Å². The van der Waals surface area contributed by atoms with Crippen LogP contribution in [0.5, 0.6) is 0 Å². The summed E-state index contributed by atoms with van der Waals surface area (Å²) < 4.78 is 7.54. The van der Waals surface area contributed by atoms with E-state index in [2.05, 4.69) is 6.92 Å². The zero-order chi connectivity index (χ0) is 15.4. The predicted octanol–water partition coefficient (Wildman–Crippen LogP) is 1.70. The molecule has 1 aliphatic carbocycles. The molecule has 3 aliphatic rings. The largest absolute Gasteiger partial charge is 0.377 e. The molecular weight excluding hydrogens is 280 g/mol. The molecule has 116 valence electrons. The van der Waals surface area contributed by atoms with Gasteiger partial charge in [0, 0.05) is 44.1 Å². The molecule has 1 aromatic heterocycles. The molecule has 2 aliphatic heterocycles. The summed E-state index contributed by atoms with van der Waals surface area (Å²) in [6.45, 7) is 5.00. The third-order valence-electron chi connectivity index (χ3n) is 4.94. The van der Waals surface area contributed by atoms with E-state index in [9.17, 15) is 9.59 Å². The molecule has 0 aromatic carbocycles. The molecule has 22 heavy (non-hydrogen) atoms. The van der Waals surface area contributed by atoms with Gasteiger partial charge in [-0.05, 0) is 18.8 Å². The van der Waals surface area contributed by atoms with E-state index in [-0.39, 0.29) is 11.6 Å². The number of Topliss-reactive ketones (excluding diaryl/α,β-unsaturated/α-hetero) is 1. The number of allylic oxidation sites excluding steroid dienone is 2. The molecule has 0 bridgehead atoms. The van der Waals surface area contributed by atoms with Crippen LogP contribution in [0.4, 0.5) is 0 Å². The van der Waals surface area contributed by atoms with E-state index in [1.54, 1.807) is 0 Å². The molecule has 5 heteroatoms. The van der Waals surface area contributed by atoms with E-state index in [4.69, 9.17) is 4.74 Å². The van der Waals surface area contributed by atoms with Crippen LogP contribution < -0.4 is 0 Å². The van der Waals surface area contributed by atoms with Gasteiger partial charge in [0.2, 0.25) is 11.6 Å². The Morgan fingerprint density at radius 3 is 2.77 bits per heavy atom. The average Bonchev–Trinajstić information content (AvgIpc) is 2.64. The molecule has 4 rings (SSSR count). The Kier molecular flexibility index (Phi) is 3.01. The summed E-state index contributed by atoms with van der Waals surface area (Å²) in [7, 11) is 1.89. The Bertz CT molecular complexity index is 708. The Morgan fingerprint density at radius 1 is 1.27 bits per heavy atom. The van der Waals surface area contributed by atoms with Crippen LogP contribution in [-0.2, 0) is 24.8 Å². The molecule has 1 aromatic rings. The lowest BCUT2D eigenvalue weighted by Gasteiger charge is -2.40. The Balaban J connectivity index is 1.81. The molecule has 1 saturated heterocycles. The van der Waals surface area contributed by atoms with Gasteiger partial charge in [-0.25, -0.2) is 0 Å². The second-order valence-corrected chi connectivity index (χ2v) is 6.60. The van der Waals surface area contributed by atoms with Crippen LogP contribution in [0.3, 0.4) is 0 Å². The number of likely N-dealkylation sites (tertiary alicyclic amines) is 1. The van der Waals surface area contributed by atoms with Crippen molar-refractivity contribution in [2.24, 2.45) is 13.0 Å². The Morgan fingerprint density at radius 2 is 2.05 bits per heavy atom. The van der Waals surface area contributed by atoms with Crippen LogP contribution in [0.2, 0.25) is 0 Å². The molecule has 3 heterocycles. The summed E-state index contributed by atoms with van der Waals surface area (Å²) in [4.78, 5) is 27.6. The number of ketones is 2. The smallest absolute Gasteiger partial charge is 0.211 e. The lowest BCUT2D eigenvalue weighted by Crippen LogP contribution is -2.47. The molecule has 1 fully saturated rings. The highest BCUT2D eigenvalue weighted by Gasteiger charge is 2.38. The number of carbonyl (C=O) groups excluding carboxylic acids is 2. The van der Waals surface area contributed by atoms with Crippen molar-refractivity contribution < 1.29 is 14.3 Å². The molecule has 0 N–H and O–H groups in total. The van der Waals surface area contributed by atoms with Crippen LogP contribution in [0.25, 0.3) is 0 Å². The summed E-state index contributed by atoms with van der Waals surface area (Å²) in [5.74, 6) is 0.519. The van der Waals surface area contributed by atoms with Gasteiger partial charge in [-0.2, -0.15) is 0 Å². The molecule has 0 amide bonds. The van der Waals surface area contributed by atoms with Crippen LogP contribution >= 0.6 is 0 Å². The second kappa shape index (κ2) is 4.81. The molecule has 5 nitrogen and oxygen atoms in total. The first-order valence-electron chi connectivity index (χ1n) is 7.91. The summed E-state index contributed by atoms with van der Waals surface area (Å²) in [5, 5.41) is 0. The standard InChI is InChI=1S/C17H20N2O3/c1-10-7-19(8-10)13-6-14(20)16-15(17(13)21)11-9-22-5-3-4-12(11)18(16)2/h6,10H,3-5,7-9H2,1-2H3. The van der Waals surface area contributed by atoms with Gasteiger partial charge in [0.05, 0.1) is 17.9 Å². The lowest BCUT2D eigenvalue weighted by atomic mass is 9.91. The highest BCUT2D eigenvalue weighted by Crippen LogP contribution is 2.34. The van der Waals surface area contributed by atoms with Crippen molar-refractivity contribution in [1.82, 2.24) is 9.47 Å². The van der Waals surface area contributed by atoms with E-state index < -0.39 is 0 Å². The van der Waals surface area contributed by atoms with Gasteiger partial charge in [-0.15, -0.1) is 0 Å². The van der Waals surface area contributed by atoms with E-state index in [0.717, 1.165) is 37.2 Å². The van der Waals surface area contributed by atoms with Crippen molar-refractivity contribution in [3.05, 3.63) is 34.3 Å². The summed E-state index contributed by atoms with van der Waals surface area (Å²) in [6, 6.07) is 0. The maximum atomic E-state index is 13.0. The fraction of sp³-hybridized carbons (Fsp3) is 0.529. The zero-order valence-electron chi connectivity index (χ0n) is 13.0. The second-order valence-electron chi connectivity index (χ2n) is 6.60. The van der Waals surface area contributed by atoms with Crippen molar-refractivity contribution in [2.75, 3.05) is 19.7 Å². The third kappa shape index (κ3) is 1.81. The third-order valence-corrected chi connectivity index (χ3v) is 4.94. The first kappa shape index (κ1) is 13.8. The first-order valence-corrected chi connectivity index (χ1v) is 7.91. The highest BCUT2D eigenvalue weighted by atomic mass is 16.5. The number of carbonyl (C=O) groups is 2. The van der Waals surface area contributed by atoms with Crippen LogP contribution in [0.1, 0.15) is 45.4 Å². The molecule has 0 unspecified atom stereocenters. The highest BCUT2D eigenvalue weighted by molar-refractivity contribution is 6.24. The SMILES string of the molecule is CC1CN(C2=CC(=O)c3c(c4c(n3C)CCCOC4)C2=O)C1. The minimum Gasteiger partial charge on any atom is -0.377 e. The number of hydrogen-bond acceptors (Lipinski definition) is 4. The summed E-state index contributed by atoms with van der Waals surface area (Å²) in [5.41, 5.74) is 3.69. The molecule has 0 spiro atoms. The van der Waals surface area contributed by atoms with Crippen molar-refractivity contribution in [3.63, 3.8) is 0 Å². The number of hydrogen-bond donors (Lipinski definition) is 0. The maximum Gasteiger partial charge on any atom is 0.211 e. The average molecular weight is 300 g/mol. The Labute approximate surface area is 129 Å². The van der Waals surface area contributed by atoms with Gasteiger partial charge in [0.15, 0.2) is 0 Å². The minimum atomic E-state index is -0.0558. The number of rotatable bonds is 1. The maximum absolute atomic E-state index is 13.0. The predicted molar refractivity (Wildman–Crippen MR) is 80.9 cm³/mol. The van der Waals surface area contributed by atoms with Crippen LogP contribution in [-0.4, -0.2) is 40.7 Å². The number of nitrogens with zero attached hydrogens (tertiary/aromatic N) is 2. The lowest BCUT2D eigenvalue weighted by molar-refractivity contribution is 0.0868. The van der Waals surface area contributed by atoms with Gasteiger partial charge in [0.25, 0.3) is 0 Å². The van der Waals surface area contributed by atoms with Gasteiger partial charge < -0.3 is 14.2 Å². The molecule has 0 saturated carbocycles. The van der Waals surface area contributed by atoms with Crippen molar-refractivity contribution in [1.29, 1.82) is 0 Å². The van der Waals surface area contributed by atoms with Crippen molar-refractivity contribution in [2.45, 2.75) is 26.4 Å². The van der Waals surface area contributed by atoms with Gasteiger partial charge in [-0.3, -0.25) is 9.59 Å². The molecular formula is C17H20N2O3. The van der Waals surface area contributed by atoms with Gasteiger partial charge >= 0.3 is 0 Å². The Hall–Kier alpha value is -1.88. The number of fused-ring (bicyclic) bond motifs is 3. The molecule has 0 radical (unpaired) electrons. The fourth-order valence-electron chi connectivity index (χ4n) is 3.83. The minimum absolute atomic E-state index is 0.0103. The van der Waals surface area contributed by atoms with Gasteiger partial charge in [0.1, 0.15) is 5.69 Å². The quantitative estimate of drug-likeness (QED) is 0.792. The van der Waals surface area contributed by atoms with Crippen molar-refractivity contribution >= 4 is 11.6 Å². The monoisotopic (exact) mass is 300 g/mol. The first-order chi connectivity index (χ1) is 10.6. The number of ether oxygens (including phenoxy) is 1. The van der Waals surface area contributed by atoms with E-state index >= 15 is 0 Å². The van der Waals surface area contributed by atoms with E-state index in [0.29, 0.717) is 36.1 Å². The van der Waals surface area contributed by atoms with E-state index in [1.165, 1.54) is 6.08 Å². The van der Waals surface area contributed by atoms with Gasteiger partial charge in [-0.1, -0.05) is 6.92 Å². The summed E-state index contributed by atoms with van der Waals surface area (Å²) >= 11 is 0. The van der Waals surface area contributed by atoms with Crippen LogP contribution in [0, 0.1) is 5.92 Å². The van der Waals surface area contributed by atoms with Crippen molar-refractivity contribution in [3.8, 4) is 0 Å². The normalized spacial score (nSPS) is 21.9. The van der Waals surface area contributed by atoms with Crippen LogP contribution in [0.15, 0.2) is 11.8 Å². The molecule has 0 atom stereocenters. The number of aromatic nitrogens is 1. The summed E-state index contributed by atoms with van der Waals surface area (Å²) in [6.07, 6.45) is 3.31.